The summed E-state index contributed by atoms with van der Waals surface area (Å²) in [6.45, 7) is 44.9. The van der Waals surface area contributed by atoms with Gasteiger partial charge in [0.2, 0.25) is 0 Å². The van der Waals surface area contributed by atoms with Crippen molar-refractivity contribution < 1.29 is 76.7 Å². The van der Waals surface area contributed by atoms with Gasteiger partial charge in [0.15, 0.2) is 0 Å². The van der Waals surface area contributed by atoms with Crippen molar-refractivity contribution in [3.63, 3.8) is 0 Å². The molecule has 0 aromatic heterocycles. The van der Waals surface area contributed by atoms with Gasteiger partial charge in [0.05, 0.1) is 73.1 Å². The Balaban J connectivity index is 1.64. The van der Waals surface area contributed by atoms with Crippen molar-refractivity contribution in [2.24, 2.45) is 22.7 Å². The summed E-state index contributed by atoms with van der Waals surface area (Å²) in [5.41, 5.74) is -2.28. The van der Waals surface area contributed by atoms with E-state index in [4.69, 9.17) is 52.1 Å². The lowest BCUT2D eigenvalue weighted by Crippen LogP contribution is -2.42. The monoisotopic (exact) mass is 1220 g/mol. The Morgan fingerprint density at radius 2 is 0.839 bits per heavy atom. The van der Waals surface area contributed by atoms with E-state index in [0.717, 1.165) is 22.3 Å². The van der Waals surface area contributed by atoms with Crippen molar-refractivity contribution in [2.75, 3.05) is 59.5 Å². The molecule has 0 bridgehead atoms. The number of fused-ring (bicyclic) bond motifs is 2. The number of aliphatic hydroxyl groups excluding tert-OH is 2. The second kappa shape index (κ2) is 32.6. The molecule has 0 radical (unpaired) electrons. The quantitative estimate of drug-likeness (QED) is 0.0368. The smallest absolute Gasteiger partial charge is 0.457 e. The van der Waals surface area contributed by atoms with Crippen LogP contribution in [0.25, 0.3) is 0 Å². The minimum Gasteiger partial charge on any atom is -0.457 e. The van der Waals surface area contributed by atoms with Gasteiger partial charge in [-0.15, -0.1) is 0 Å². The zero-order valence-corrected chi connectivity index (χ0v) is 57.8. The molecule has 1 aliphatic rings. The van der Waals surface area contributed by atoms with Crippen LogP contribution in [0.1, 0.15) is 232 Å². The Labute approximate surface area is 524 Å². The number of hydrogen-bond donors (Lipinski definition) is 2. The van der Waals surface area contributed by atoms with E-state index >= 15 is 0 Å². The maximum Gasteiger partial charge on any atom is 0.508 e. The van der Waals surface area contributed by atoms with Gasteiger partial charge in [-0.25, -0.2) is 9.59 Å². The Hall–Kier alpha value is -4.31. The van der Waals surface area contributed by atoms with E-state index in [1.165, 1.54) is 0 Å². The molecule has 3 atom stereocenters. The molecule has 16 heteroatoms. The van der Waals surface area contributed by atoms with Gasteiger partial charge >= 0.3 is 18.3 Å². The maximum absolute atomic E-state index is 13.8. The summed E-state index contributed by atoms with van der Waals surface area (Å²) in [4.78, 5) is 39.1. The highest BCUT2D eigenvalue weighted by molar-refractivity contribution is 5.71. The Kier molecular flexibility index (Phi) is 28.8. The molecule has 0 amide bonds. The van der Waals surface area contributed by atoms with E-state index in [1.54, 1.807) is 0 Å². The molecule has 2 N–H and O–H groups in total. The fraction of sp³-hybridized carbons (Fsp3) is 0.761. The van der Waals surface area contributed by atoms with Crippen molar-refractivity contribution in [3.8, 4) is 11.8 Å². The molecule has 3 unspecified atom stereocenters. The van der Waals surface area contributed by atoms with Crippen LogP contribution in [0.5, 0.6) is 0 Å². The van der Waals surface area contributed by atoms with Crippen molar-refractivity contribution in [1.82, 2.24) is 0 Å². The van der Waals surface area contributed by atoms with Crippen molar-refractivity contribution in [1.29, 1.82) is 0 Å². The summed E-state index contributed by atoms with van der Waals surface area (Å²) in [7, 11) is 0. The van der Waals surface area contributed by atoms with E-state index < -0.39 is 69.3 Å². The maximum atomic E-state index is 13.8. The summed E-state index contributed by atoms with van der Waals surface area (Å²) in [6.07, 6.45) is 1.97. The van der Waals surface area contributed by atoms with Gasteiger partial charge < -0.3 is 62.3 Å². The zero-order chi connectivity index (χ0) is 65.9. The highest BCUT2D eigenvalue weighted by Crippen LogP contribution is 2.34. The van der Waals surface area contributed by atoms with E-state index in [9.17, 15) is 24.6 Å². The van der Waals surface area contributed by atoms with Crippen LogP contribution < -0.4 is 0 Å². The largest absolute Gasteiger partial charge is 0.508 e. The summed E-state index contributed by atoms with van der Waals surface area (Å²) < 4.78 is 68.1. The first-order chi connectivity index (χ1) is 39.9. The molecular weight excluding hydrogens is 1110 g/mol. The van der Waals surface area contributed by atoms with Crippen molar-refractivity contribution in [2.45, 2.75) is 267 Å². The Morgan fingerprint density at radius 1 is 0.460 bits per heavy atom. The second-order valence-corrected chi connectivity index (χ2v) is 30.9. The topological polar surface area (TPSA) is 193 Å². The number of rotatable bonds is 37. The molecule has 0 saturated carbocycles. The standard InChI is InChI=1S/C71H116O16/c1-62(2,3)54(45-72)47-77-60(75)86-68(15,16)35-33-64(7,8)79-40-37-66(11,12)82-49-56(50-83-67(13,14)38-41-80-65(9,10)34-36-69(17,18)87-61(76)78-48-55(46-73)63(4,5)6)85-70(19,20)39-42-81-71(21,22)44-59(74)84-58-43-53-29-24-23-27-51(53)31-32-52-28-25-26-30-57(52)58/h23-30,54-56,58,72-73H,33-50H2,1-22H3. The summed E-state index contributed by atoms with van der Waals surface area (Å²) in [5.74, 6) is 5.79. The summed E-state index contributed by atoms with van der Waals surface area (Å²) in [6, 6.07) is 15.8. The molecule has 0 heterocycles. The molecule has 1 aliphatic carbocycles. The normalized spacial score (nSPS) is 15.8. The first-order valence-electron chi connectivity index (χ1n) is 31.6. The molecule has 0 aliphatic heterocycles. The van der Waals surface area contributed by atoms with E-state index in [2.05, 4.69) is 11.8 Å². The SMILES string of the molecule is CC(C)(CCC(C)(C)OC(=O)OCC(CO)C(C)(C)C)OCCC(C)(C)OCC(COC(C)(C)CCOC(C)(C)CCC(C)(C)OC(=O)OCC(CO)C(C)(C)C)OC(C)(C)CCOC(C)(C)CC(=O)OC1Cc2ccccc2C#Cc2ccccc21. The number of carbonyl (C=O) groups excluding carboxylic acids is 3. The van der Waals surface area contributed by atoms with Crippen LogP contribution in [0, 0.1) is 34.5 Å². The third-order valence-electron chi connectivity index (χ3n) is 16.4. The molecule has 496 valence electrons. The number of ether oxygens (including phenoxy) is 11. The summed E-state index contributed by atoms with van der Waals surface area (Å²) in [5, 5.41) is 19.6. The molecule has 0 saturated heterocycles. The Morgan fingerprint density at radius 3 is 1.29 bits per heavy atom. The minimum absolute atomic E-state index is 0.0401. The van der Waals surface area contributed by atoms with Gasteiger partial charge in [-0.1, -0.05) is 89.8 Å². The number of benzene rings is 2. The number of esters is 1. The molecule has 2 aromatic carbocycles. The van der Waals surface area contributed by atoms with Crippen LogP contribution in [0.15, 0.2) is 48.5 Å². The zero-order valence-electron chi connectivity index (χ0n) is 57.8. The van der Waals surface area contributed by atoms with E-state index in [-0.39, 0.29) is 74.7 Å². The lowest BCUT2D eigenvalue weighted by Gasteiger charge is -2.37. The highest BCUT2D eigenvalue weighted by atomic mass is 16.7. The predicted octanol–water partition coefficient (Wildman–Crippen LogP) is 14.7. The van der Waals surface area contributed by atoms with Gasteiger partial charge in [-0.2, -0.15) is 0 Å². The number of hydrogen-bond acceptors (Lipinski definition) is 16. The van der Waals surface area contributed by atoms with E-state index in [0.29, 0.717) is 71.2 Å². The van der Waals surface area contributed by atoms with Crippen LogP contribution in [0.4, 0.5) is 9.59 Å². The van der Waals surface area contributed by atoms with Crippen LogP contribution in [0.3, 0.4) is 0 Å². The Bertz CT molecular complexity index is 2410. The van der Waals surface area contributed by atoms with Crippen molar-refractivity contribution >= 4 is 18.3 Å². The van der Waals surface area contributed by atoms with Crippen LogP contribution in [0.2, 0.25) is 0 Å². The molecule has 87 heavy (non-hydrogen) atoms. The van der Waals surface area contributed by atoms with Gasteiger partial charge in [-0.3, -0.25) is 4.79 Å². The molecular formula is C71H116O16. The third kappa shape index (κ3) is 30.4. The first-order valence-corrected chi connectivity index (χ1v) is 31.6. The summed E-state index contributed by atoms with van der Waals surface area (Å²) >= 11 is 0. The lowest BCUT2D eigenvalue weighted by molar-refractivity contribution is -0.179. The number of carbonyl (C=O) groups is 3. The molecule has 16 nitrogen and oxygen atoms in total. The lowest BCUT2D eigenvalue weighted by atomic mass is 9.82. The van der Waals surface area contributed by atoms with Gasteiger partial charge in [0.1, 0.15) is 36.6 Å². The van der Waals surface area contributed by atoms with Crippen LogP contribution in [-0.2, 0) is 63.3 Å². The molecule has 2 aromatic rings. The second-order valence-electron chi connectivity index (χ2n) is 30.9. The average molecular weight is 1230 g/mol. The predicted molar refractivity (Wildman–Crippen MR) is 341 cm³/mol. The van der Waals surface area contributed by atoms with Crippen LogP contribution in [-0.4, -0.2) is 139 Å². The molecule has 0 fully saturated rings. The molecule has 3 rings (SSSR count). The van der Waals surface area contributed by atoms with E-state index in [1.807, 2.05) is 201 Å². The van der Waals surface area contributed by atoms with Gasteiger partial charge in [0, 0.05) is 48.2 Å². The minimum atomic E-state index is -0.844. The fourth-order valence-corrected chi connectivity index (χ4v) is 9.44. The fourth-order valence-electron chi connectivity index (χ4n) is 9.44. The average Bonchev–Trinajstić information content (AvgIpc) is 1.50. The first kappa shape index (κ1) is 76.9. The van der Waals surface area contributed by atoms with Gasteiger partial charge in [-0.05, 0) is 184 Å². The van der Waals surface area contributed by atoms with Crippen LogP contribution >= 0.6 is 0 Å². The molecule has 0 spiro atoms. The number of aliphatic hydroxyl groups is 2. The van der Waals surface area contributed by atoms with Crippen molar-refractivity contribution in [3.05, 3.63) is 70.8 Å². The van der Waals surface area contributed by atoms with Gasteiger partial charge in [0.25, 0.3) is 0 Å². The third-order valence-corrected chi connectivity index (χ3v) is 16.4. The highest BCUT2D eigenvalue weighted by Gasteiger charge is 2.36.